The summed E-state index contributed by atoms with van der Waals surface area (Å²) in [6.45, 7) is -0.169. The summed E-state index contributed by atoms with van der Waals surface area (Å²) in [6, 6.07) is 8.44. The number of aromatic nitrogens is 1. The van der Waals surface area contributed by atoms with Crippen molar-refractivity contribution in [1.29, 1.82) is 5.26 Å². The minimum atomic E-state index is -0.628. The van der Waals surface area contributed by atoms with Crippen molar-refractivity contribution >= 4 is 15.9 Å². The van der Waals surface area contributed by atoms with Gasteiger partial charge in [-0.15, -0.1) is 0 Å². The lowest BCUT2D eigenvalue weighted by Gasteiger charge is -2.07. The molecule has 0 bridgehead atoms. The molecule has 6 heteroatoms. The third-order valence-corrected chi connectivity index (χ3v) is 2.77. The van der Waals surface area contributed by atoms with Gasteiger partial charge in [-0.3, -0.25) is 0 Å². The van der Waals surface area contributed by atoms with Crippen LogP contribution in [-0.2, 0) is 6.61 Å². The van der Waals surface area contributed by atoms with Gasteiger partial charge in [0.25, 0.3) is 5.88 Å². The number of nitrogens with zero attached hydrogens (tertiary/aromatic N) is 2. The zero-order valence-electron chi connectivity index (χ0n) is 9.53. The average Bonchev–Trinajstić information content (AvgIpc) is 2.40. The maximum Gasteiger partial charge on any atom is 0.251 e. The molecule has 2 rings (SSSR count). The van der Waals surface area contributed by atoms with Gasteiger partial charge in [0.2, 0.25) is 0 Å². The largest absolute Gasteiger partial charge is 0.471 e. The van der Waals surface area contributed by atoms with Gasteiger partial charge in [0, 0.05) is 5.56 Å². The Morgan fingerprint density at radius 3 is 2.68 bits per heavy atom. The summed E-state index contributed by atoms with van der Waals surface area (Å²) in [6.07, 6.45) is 0. The van der Waals surface area contributed by atoms with Gasteiger partial charge in [0.15, 0.2) is 5.82 Å². The van der Waals surface area contributed by atoms with E-state index in [0.717, 1.165) is 6.07 Å². The summed E-state index contributed by atoms with van der Waals surface area (Å²) in [5.41, 5.74) is 0.438. The summed E-state index contributed by atoms with van der Waals surface area (Å²) in [5, 5.41) is 8.62. The Bertz CT molecular complexity index is 656. The zero-order valence-corrected chi connectivity index (χ0v) is 11.1. The van der Waals surface area contributed by atoms with Crippen LogP contribution in [0.15, 0.2) is 34.9 Å². The third kappa shape index (κ3) is 3.26. The lowest BCUT2D eigenvalue weighted by molar-refractivity contribution is 0.271. The molecule has 1 heterocycles. The van der Waals surface area contributed by atoms with Crippen molar-refractivity contribution in [2.24, 2.45) is 0 Å². The van der Waals surface area contributed by atoms with Crippen LogP contribution in [0.25, 0.3) is 0 Å². The van der Waals surface area contributed by atoms with E-state index in [2.05, 4.69) is 20.9 Å². The molecular formula is C13H7BrF2N2O. The molecule has 1 aromatic heterocycles. The second-order valence-electron chi connectivity index (χ2n) is 3.63. The number of pyridine rings is 1. The Morgan fingerprint density at radius 1 is 1.21 bits per heavy atom. The van der Waals surface area contributed by atoms with Crippen molar-refractivity contribution in [3.8, 4) is 11.9 Å². The molecule has 0 amide bonds. The number of halogens is 3. The molecule has 0 N–H and O–H groups in total. The first kappa shape index (κ1) is 13.4. The van der Waals surface area contributed by atoms with Crippen LogP contribution in [0.1, 0.15) is 11.1 Å². The van der Waals surface area contributed by atoms with E-state index in [1.165, 1.54) is 24.3 Å². The second-order valence-corrected chi connectivity index (χ2v) is 4.44. The minimum absolute atomic E-state index is 0.169. The lowest BCUT2D eigenvalue weighted by atomic mass is 10.1. The highest BCUT2D eigenvalue weighted by Crippen LogP contribution is 2.19. The van der Waals surface area contributed by atoms with Crippen LogP contribution in [-0.4, -0.2) is 4.98 Å². The first-order valence-corrected chi connectivity index (χ1v) is 6.03. The Labute approximate surface area is 116 Å². The van der Waals surface area contributed by atoms with Crippen LogP contribution in [0.2, 0.25) is 0 Å². The molecule has 3 nitrogen and oxygen atoms in total. The monoisotopic (exact) mass is 324 g/mol. The molecule has 1 aromatic carbocycles. The predicted octanol–water partition coefficient (Wildman–Crippen LogP) is 3.57. The maximum atomic E-state index is 13.6. The zero-order chi connectivity index (χ0) is 13.8. The third-order valence-electron chi connectivity index (χ3n) is 2.33. The standard InChI is InChI=1S/C13H7BrF2N2O/c14-12-4-3-10(15)13(18-12)19-7-9-2-1-8(6-17)5-11(9)16/h1-5H,7H2. The van der Waals surface area contributed by atoms with Crippen molar-refractivity contribution in [2.75, 3.05) is 0 Å². The van der Waals surface area contributed by atoms with Gasteiger partial charge in [0.05, 0.1) is 11.6 Å². The van der Waals surface area contributed by atoms with Crippen molar-refractivity contribution < 1.29 is 13.5 Å². The van der Waals surface area contributed by atoms with E-state index in [-0.39, 0.29) is 23.6 Å². The molecule has 0 saturated heterocycles. The molecule has 0 radical (unpaired) electrons. The van der Waals surface area contributed by atoms with Crippen molar-refractivity contribution in [3.63, 3.8) is 0 Å². The number of hydrogen-bond donors (Lipinski definition) is 0. The number of nitriles is 1. The van der Waals surface area contributed by atoms with Crippen LogP contribution >= 0.6 is 15.9 Å². The van der Waals surface area contributed by atoms with E-state index in [9.17, 15) is 8.78 Å². The summed E-state index contributed by atoms with van der Waals surface area (Å²) < 4.78 is 32.5. The van der Waals surface area contributed by atoms with Crippen LogP contribution in [0, 0.1) is 23.0 Å². The van der Waals surface area contributed by atoms with E-state index in [0.29, 0.717) is 4.60 Å². The summed E-state index contributed by atoms with van der Waals surface area (Å²) in [5.74, 6) is -1.41. The molecule has 0 aliphatic rings. The van der Waals surface area contributed by atoms with E-state index in [1.54, 1.807) is 0 Å². The van der Waals surface area contributed by atoms with Crippen molar-refractivity contribution in [2.45, 2.75) is 6.61 Å². The molecule has 2 aromatic rings. The van der Waals surface area contributed by atoms with Gasteiger partial charge in [-0.1, -0.05) is 6.07 Å². The molecule has 0 aliphatic heterocycles. The molecule has 96 valence electrons. The molecule has 0 fully saturated rings. The van der Waals surface area contributed by atoms with Gasteiger partial charge in [0.1, 0.15) is 17.0 Å². The van der Waals surface area contributed by atoms with Crippen LogP contribution in [0.3, 0.4) is 0 Å². The van der Waals surface area contributed by atoms with E-state index < -0.39 is 11.6 Å². The highest BCUT2D eigenvalue weighted by molar-refractivity contribution is 9.10. The molecule has 19 heavy (non-hydrogen) atoms. The van der Waals surface area contributed by atoms with Gasteiger partial charge in [-0.25, -0.2) is 13.8 Å². The van der Waals surface area contributed by atoms with Crippen LogP contribution in [0.4, 0.5) is 8.78 Å². The molecular weight excluding hydrogens is 318 g/mol. The van der Waals surface area contributed by atoms with Crippen molar-refractivity contribution in [3.05, 3.63) is 57.7 Å². The first-order valence-electron chi connectivity index (χ1n) is 5.23. The summed E-state index contributed by atoms with van der Waals surface area (Å²) in [7, 11) is 0. The molecule has 0 atom stereocenters. The molecule has 0 spiro atoms. The van der Waals surface area contributed by atoms with Gasteiger partial charge >= 0.3 is 0 Å². The fourth-order valence-electron chi connectivity index (χ4n) is 1.38. The van der Waals surface area contributed by atoms with E-state index in [4.69, 9.17) is 10.00 Å². The Hall–Kier alpha value is -2.00. The Morgan fingerprint density at radius 2 is 2.00 bits per heavy atom. The average molecular weight is 325 g/mol. The fourth-order valence-corrected chi connectivity index (χ4v) is 1.68. The summed E-state index contributed by atoms with van der Waals surface area (Å²) in [4.78, 5) is 3.80. The number of hydrogen-bond acceptors (Lipinski definition) is 3. The van der Waals surface area contributed by atoms with Gasteiger partial charge in [-0.05, 0) is 40.2 Å². The lowest BCUT2D eigenvalue weighted by Crippen LogP contribution is -2.02. The predicted molar refractivity (Wildman–Crippen MR) is 67.3 cm³/mol. The fraction of sp³-hybridized carbons (Fsp3) is 0.0769. The number of benzene rings is 1. The first-order chi connectivity index (χ1) is 9.10. The molecule has 0 unspecified atom stereocenters. The number of rotatable bonds is 3. The quantitative estimate of drug-likeness (QED) is 0.811. The Balaban J connectivity index is 2.15. The van der Waals surface area contributed by atoms with Crippen LogP contribution in [0.5, 0.6) is 5.88 Å². The van der Waals surface area contributed by atoms with E-state index in [1.807, 2.05) is 6.07 Å². The smallest absolute Gasteiger partial charge is 0.251 e. The number of ether oxygens (including phenoxy) is 1. The second kappa shape index (κ2) is 5.76. The topological polar surface area (TPSA) is 45.9 Å². The van der Waals surface area contributed by atoms with Crippen LogP contribution < -0.4 is 4.74 Å². The van der Waals surface area contributed by atoms with Gasteiger partial charge < -0.3 is 4.74 Å². The van der Waals surface area contributed by atoms with Gasteiger partial charge in [-0.2, -0.15) is 5.26 Å². The SMILES string of the molecule is N#Cc1ccc(COc2nc(Br)ccc2F)c(F)c1. The molecule has 0 aliphatic carbocycles. The van der Waals surface area contributed by atoms with E-state index >= 15 is 0 Å². The minimum Gasteiger partial charge on any atom is -0.471 e. The highest BCUT2D eigenvalue weighted by Gasteiger charge is 2.09. The maximum absolute atomic E-state index is 13.6. The normalized spacial score (nSPS) is 10.0. The highest BCUT2D eigenvalue weighted by atomic mass is 79.9. The molecule has 0 saturated carbocycles. The van der Waals surface area contributed by atoms with Crippen molar-refractivity contribution in [1.82, 2.24) is 4.98 Å². The summed E-state index contributed by atoms with van der Waals surface area (Å²) >= 11 is 3.09. The Kier molecular flexibility index (Phi) is 4.07.